The van der Waals surface area contributed by atoms with Gasteiger partial charge in [0, 0.05) is 18.1 Å². The first-order valence-electron chi connectivity index (χ1n) is 7.31. The number of aromatic nitrogens is 1. The third kappa shape index (κ3) is 3.65. The van der Waals surface area contributed by atoms with Gasteiger partial charge in [0.25, 0.3) is 0 Å². The third-order valence-corrected chi connectivity index (χ3v) is 3.51. The molecule has 24 heavy (non-hydrogen) atoms. The summed E-state index contributed by atoms with van der Waals surface area (Å²) in [4.78, 5) is 4.23. The average Bonchev–Trinajstić information content (AvgIpc) is 2.54. The molecule has 0 radical (unpaired) electrons. The van der Waals surface area contributed by atoms with Crippen molar-refractivity contribution in [2.24, 2.45) is 0 Å². The van der Waals surface area contributed by atoms with Crippen molar-refractivity contribution in [1.29, 1.82) is 0 Å². The smallest absolute Gasteiger partial charge is 0.416 e. The zero-order chi connectivity index (χ0) is 17.2. The number of alkyl halides is 3. The number of aliphatic hydroxyl groups is 1. The SMILES string of the molecule is OCCc1cccc(Oc2ccc3cc(C(F)(F)F)ccc3n2)c1. The van der Waals surface area contributed by atoms with Gasteiger partial charge in [-0.05, 0) is 48.4 Å². The highest BCUT2D eigenvalue weighted by Gasteiger charge is 2.30. The van der Waals surface area contributed by atoms with Gasteiger partial charge in [-0.3, -0.25) is 0 Å². The molecule has 0 aliphatic heterocycles. The first-order valence-corrected chi connectivity index (χ1v) is 7.31. The van der Waals surface area contributed by atoms with E-state index in [2.05, 4.69) is 4.98 Å². The second-order valence-electron chi connectivity index (χ2n) is 5.28. The lowest BCUT2D eigenvalue weighted by molar-refractivity contribution is -0.137. The van der Waals surface area contributed by atoms with E-state index in [0.29, 0.717) is 29.0 Å². The van der Waals surface area contributed by atoms with Gasteiger partial charge in [-0.2, -0.15) is 13.2 Å². The molecule has 124 valence electrons. The number of fused-ring (bicyclic) bond motifs is 1. The Morgan fingerprint density at radius 2 is 1.83 bits per heavy atom. The van der Waals surface area contributed by atoms with Crippen molar-refractivity contribution in [3.8, 4) is 11.6 Å². The maximum absolute atomic E-state index is 12.7. The summed E-state index contributed by atoms with van der Waals surface area (Å²) in [5.74, 6) is 0.850. The molecule has 1 N–H and O–H groups in total. The Morgan fingerprint density at radius 1 is 1.00 bits per heavy atom. The van der Waals surface area contributed by atoms with Gasteiger partial charge in [0.2, 0.25) is 5.88 Å². The van der Waals surface area contributed by atoms with Crippen LogP contribution in [0.5, 0.6) is 11.6 Å². The van der Waals surface area contributed by atoms with Crippen LogP contribution in [0.2, 0.25) is 0 Å². The van der Waals surface area contributed by atoms with Crippen LogP contribution in [0, 0.1) is 0 Å². The van der Waals surface area contributed by atoms with Crippen LogP contribution in [0.4, 0.5) is 13.2 Å². The lowest BCUT2D eigenvalue weighted by atomic mass is 10.1. The van der Waals surface area contributed by atoms with Crippen molar-refractivity contribution in [2.75, 3.05) is 6.61 Å². The van der Waals surface area contributed by atoms with E-state index in [9.17, 15) is 13.2 Å². The summed E-state index contributed by atoms with van der Waals surface area (Å²) in [6, 6.07) is 13.7. The molecule has 2 aromatic carbocycles. The Hall–Kier alpha value is -2.60. The van der Waals surface area contributed by atoms with E-state index < -0.39 is 11.7 Å². The zero-order valence-electron chi connectivity index (χ0n) is 12.5. The number of hydrogen-bond donors (Lipinski definition) is 1. The fourth-order valence-corrected chi connectivity index (χ4v) is 2.35. The summed E-state index contributed by atoms with van der Waals surface area (Å²) in [6.07, 6.45) is -3.86. The van der Waals surface area contributed by atoms with Gasteiger partial charge < -0.3 is 9.84 Å². The number of pyridine rings is 1. The number of nitrogens with zero attached hydrogens (tertiary/aromatic N) is 1. The molecule has 3 aromatic rings. The Kier molecular flexibility index (Phi) is 4.40. The molecule has 0 saturated heterocycles. The highest BCUT2D eigenvalue weighted by molar-refractivity contribution is 5.80. The largest absolute Gasteiger partial charge is 0.439 e. The van der Waals surface area contributed by atoms with Crippen LogP contribution in [0.1, 0.15) is 11.1 Å². The first-order chi connectivity index (χ1) is 11.5. The summed E-state index contributed by atoms with van der Waals surface area (Å²) in [6.45, 7) is 0.0409. The fraction of sp³-hybridized carbons (Fsp3) is 0.167. The molecule has 0 unspecified atom stereocenters. The Balaban J connectivity index is 1.87. The van der Waals surface area contributed by atoms with Crippen molar-refractivity contribution < 1.29 is 23.0 Å². The Morgan fingerprint density at radius 3 is 2.58 bits per heavy atom. The molecule has 0 aliphatic carbocycles. The summed E-state index contributed by atoms with van der Waals surface area (Å²) in [7, 11) is 0. The second kappa shape index (κ2) is 6.49. The Labute approximate surface area is 136 Å². The van der Waals surface area contributed by atoms with Crippen LogP contribution in [-0.2, 0) is 12.6 Å². The summed E-state index contributed by atoms with van der Waals surface area (Å²) >= 11 is 0. The first kappa shape index (κ1) is 16.3. The van der Waals surface area contributed by atoms with Gasteiger partial charge in [0.1, 0.15) is 5.75 Å². The van der Waals surface area contributed by atoms with E-state index in [1.807, 2.05) is 6.07 Å². The number of ether oxygens (including phenoxy) is 1. The highest BCUT2D eigenvalue weighted by atomic mass is 19.4. The minimum Gasteiger partial charge on any atom is -0.439 e. The molecule has 0 bridgehead atoms. The van der Waals surface area contributed by atoms with E-state index >= 15 is 0 Å². The van der Waals surface area contributed by atoms with Crippen LogP contribution < -0.4 is 4.74 Å². The zero-order valence-corrected chi connectivity index (χ0v) is 12.5. The summed E-state index contributed by atoms with van der Waals surface area (Å²) < 4.78 is 43.8. The van der Waals surface area contributed by atoms with Crippen LogP contribution >= 0.6 is 0 Å². The molecule has 6 heteroatoms. The van der Waals surface area contributed by atoms with Crippen LogP contribution in [-0.4, -0.2) is 16.7 Å². The van der Waals surface area contributed by atoms with E-state index in [0.717, 1.165) is 17.7 Å². The topological polar surface area (TPSA) is 42.4 Å². The van der Waals surface area contributed by atoms with Gasteiger partial charge in [0.15, 0.2) is 0 Å². The molecule has 0 fully saturated rings. The molecule has 1 heterocycles. The van der Waals surface area contributed by atoms with Gasteiger partial charge >= 0.3 is 6.18 Å². The lowest BCUT2D eigenvalue weighted by Gasteiger charge is -2.09. The van der Waals surface area contributed by atoms with Crippen molar-refractivity contribution in [3.63, 3.8) is 0 Å². The molecular formula is C18H14F3NO2. The maximum atomic E-state index is 12.7. The quantitative estimate of drug-likeness (QED) is 0.760. The average molecular weight is 333 g/mol. The molecular weight excluding hydrogens is 319 g/mol. The van der Waals surface area contributed by atoms with Crippen LogP contribution in [0.15, 0.2) is 54.6 Å². The number of benzene rings is 2. The van der Waals surface area contributed by atoms with Gasteiger partial charge in [-0.25, -0.2) is 4.98 Å². The molecule has 0 atom stereocenters. The second-order valence-corrected chi connectivity index (χ2v) is 5.28. The van der Waals surface area contributed by atoms with Crippen molar-refractivity contribution >= 4 is 10.9 Å². The predicted molar refractivity (Wildman–Crippen MR) is 84.1 cm³/mol. The number of rotatable bonds is 4. The van der Waals surface area contributed by atoms with Crippen molar-refractivity contribution in [3.05, 3.63) is 65.7 Å². The minimum absolute atomic E-state index is 0.0409. The fourth-order valence-electron chi connectivity index (χ4n) is 2.35. The van der Waals surface area contributed by atoms with E-state index in [-0.39, 0.29) is 6.61 Å². The van der Waals surface area contributed by atoms with E-state index in [1.54, 1.807) is 24.3 Å². The van der Waals surface area contributed by atoms with Crippen molar-refractivity contribution in [1.82, 2.24) is 4.98 Å². The Bertz CT molecular complexity index is 862. The number of halogens is 3. The van der Waals surface area contributed by atoms with Gasteiger partial charge in [-0.1, -0.05) is 12.1 Å². The molecule has 0 amide bonds. The van der Waals surface area contributed by atoms with Gasteiger partial charge in [0.05, 0.1) is 11.1 Å². The minimum atomic E-state index is -4.38. The molecule has 0 aliphatic rings. The normalized spacial score (nSPS) is 11.7. The standard InChI is InChI=1S/C18H14F3NO2/c19-18(20,21)14-5-6-16-13(11-14)4-7-17(22-16)24-15-3-1-2-12(10-15)8-9-23/h1-7,10-11,23H,8-9H2. The maximum Gasteiger partial charge on any atom is 0.416 e. The van der Waals surface area contributed by atoms with E-state index in [4.69, 9.17) is 9.84 Å². The number of aliphatic hydroxyl groups excluding tert-OH is 1. The lowest BCUT2D eigenvalue weighted by Crippen LogP contribution is -2.04. The van der Waals surface area contributed by atoms with E-state index in [1.165, 1.54) is 12.1 Å². The highest BCUT2D eigenvalue weighted by Crippen LogP contribution is 2.32. The summed E-state index contributed by atoms with van der Waals surface area (Å²) in [5, 5.41) is 9.36. The molecule has 0 saturated carbocycles. The van der Waals surface area contributed by atoms with Crippen LogP contribution in [0.25, 0.3) is 10.9 Å². The predicted octanol–water partition coefficient (Wildman–Crippen LogP) is 4.58. The van der Waals surface area contributed by atoms with Gasteiger partial charge in [-0.15, -0.1) is 0 Å². The third-order valence-electron chi connectivity index (χ3n) is 3.51. The van der Waals surface area contributed by atoms with Crippen molar-refractivity contribution in [2.45, 2.75) is 12.6 Å². The molecule has 1 aromatic heterocycles. The summed E-state index contributed by atoms with van der Waals surface area (Å²) in [5.41, 5.74) is 0.639. The molecule has 3 nitrogen and oxygen atoms in total. The number of hydrogen-bond acceptors (Lipinski definition) is 3. The molecule has 3 rings (SSSR count). The van der Waals surface area contributed by atoms with Crippen LogP contribution in [0.3, 0.4) is 0 Å². The monoisotopic (exact) mass is 333 g/mol. The molecule has 0 spiro atoms.